The second-order valence-corrected chi connectivity index (χ2v) is 5.94. The number of ether oxygens (including phenoxy) is 1. The molecular formula is C15H12BrClO2. The molecule has 0 amide bonds. The summed E-state index contributed by atoms with van der Waals surface area (Å²) in [6.07, 6.45) is -0.103. The van der Waals surface area contributed by atoms with E-state index in [2.05, 4.69) is 15.9 Å². The molecular weight excluding hydrogens is 328 g/mol. The van der Waals surface area contributed by atoms with E-state index in [0.29, 0.717) is 11.4 Å². The second-order valence-electron chi connectivity index (χ2n) is 4.59. The van der Waals surface area contributed by atoms with Crippen molar-refractivity contribution < 1.29 is 9.84 Å². The molecule has 2 nitrogen and oxygen atoms in total. The van der Waals surface area contributed by atoms with Gasteiger partial charge in [0.15, 0.2) is 0 Å². The maximum absolute atomic E-state index is 10.2. The third kappa shape index (κ3) is 2.64. The Hall–Kier alpha value is -1.03. The van der Waals surface area contributed by atoms with E-state index in [4.69, 9.17) is 16.3 Å². The molecule has 0 spiro atoms. The van der Waals surface area contributed by atoms with Crippen molar-refractivity contribution in [3.8, 4) is 5.75 Å². The highest BCUT2D eigenvalue weighted by molar-refractivity contribution is 9.10. The maximum atomic E-state index is 10.2. The Labute approximate surface area is 125 Å². The lowest BCUT2D eigenvalue weighted by molar-refractivity contribution is 0.0657. The number of halogens is 2. The van der Waals surface area contributed by atoms with Crippen molar-refractivity contribution in [2.45, 2.75) is 18.6 Å². The quantitative estimate of drug-likeness (QED) is 0.819. The van der Waals surface area contributed by atoms with Gasteiger partial charge in [0.05, 0.1) is 6.10 Å². The Balaban J connectivity index is 1.92. The van der Waals surface area contributed by atoms with Gasteiger partial charge in [-0.05, 0) is 35.9 Å². The van der Waals surface area contributed by atoms with Crippen LogP contribution in [0.25, 0.3) is 0 Å². The first-order chi connectivity index (χ1) is 9.13. The molecule has 0 radical (unpaired) electrons. The van der Waals surface area contributed by atoms with Crippen molar-refractivity contribution in [3.63, 3.8) is 0 Å². The highest BCUT2D eigenvalue weighted by Crippen LogP contribution is 2.41. The molecule has 4 heteroatoms. The topological polar surface area (TPSA) is 29.5 Å². The number of hydrogen-bond donors (Lipinski definition) is 1. The van der Waals surface area contributed by atoms with Crippen LogP contribution in [0.4, 0.5) is 0 Å². The number of aliphatic hydroxyl groups excluding tert-OH is 1. The van der Waals surface area contributed by atoms with Gasteiger partial charge in [-0.2, -0.15) is 0 Å². The Bertz CT molecular complexity index is 598. The smallest absolute Gasteiger partial charge is 0.127 e. The van der Waals surface area contributed by atoms with Crippen LogP contribution in [-0.4, -0.2) is 5.11 Å². The average Bonchev–Trinajstić information content (AvgIpc) is 2.40. The summed E-state index contributed by atoms with van der Waals surface area (Å²) in [7, 11) is 0. The predicted octanol–water partition coefficient (Wildman–Crippen LogP) is 4.66. The minimum absolute atomic E-state index is 0.138. The van der Waals surface area contributed by atoms with Gasteiger partial charge in [0.1, 0.15) is 11.9 Å². The molecule has 98 valence electrons. The van der Waals surface area contributed by atoms with Gasteiger partial charge in [0, 0.05) is 21.5 Å². The summed E-state index contributed by atoms with van der Waals surface area (Å²) in [5, 5.41) is 10.9. The van der Waals surface area contributed by atoms with Gasteiger partial charge < -0.3 is 9.84 Å². The summed E-state index contributed by atoms with van der Waals surface area (Å²) in [6.45, 7) is 0. The van der Waals surface area contributed by atoms with Crippen LogP contribution in [0.2, 0.25) is 5.02 Å². The van der Waals surface area contributed by atoms with E-state index in [-0.39, 0.29) is 6.10 Å². The monoisotopic (exact) mass is 338 g/mol. The molecule has 0 aliphatic carbocycles. The normalized spacial score (nSPS) is 21.6. The van der Waals surface area contributed by atoms with Gasteiger partial charge >= 0.3 is 0 Å². The summed E-state index contributed by atoms with van der Waals surface area (Å²) in [4.78, 5) is 0. The average molecular weight is 340 g/mol. The van der Waals surface area contributed by atoms with Crippen LogP contribution in [0.1, 0.15) is 29.8 Å². The molecule has 0 bridgehead atoms. The van der Waals surface area contributed by atoms with E-state index >= 15 is 0 Å². The van der Waals surface area contributed by atoms with Gasteiger partial charge in [0.2, 0.25) is 0 Å². The molecule has 1 heterocycles. The molecule has 0 aromatic heterocycles. The number of aliphatic hydroxyl groups is 1. The van der Waals surface area contributed by atoms with Crippen LogP contribution < -0.4 is 4.74 Å². The van der Waals surface area contributed by atoms with Crippen molar-refractivity contribution in [1.29, 1.82) is 0 Å². The van der Waals surface area contributed by atoms with Gasteiger partial charge in [-0.3, -0.25) is 0 Å². The molecule has 2 aromatic carbocycles. The molecule has 19 heavy (non-hydrogen) atoms. The lowest BCUT2D eigenvalue weighted by Crippen LogP contribution is -2.18. The lowest BCUT2D eigenvalue weighted by Gasteiger charge is -2.30. The van der Waals surface area contributed by atoms with Gasteiger partial charge in [-0.25, -0.2) is 0 Å². The first kappa shape index (κ1) is 13.0. The molecule has 2 atom stereocenters. The minimum Gasteiger partial charge on any atom is -0.485 e. The number of rotatable bonds is 1. The van der Waals surface area contributed by atoms with Gasteiger partial charge in [0.25, 0.3) is 0 Å². The van der Waals surface area contributed by atoms with Crippen molar-refractivity contribution in [2.24, 2.45) is 0 Å². The predicted molar refractivity (Wildman–Crippen MR) is 78.5 cm³/mol. The molecule has 0 saturated heterocycles. The highest BCUT2D eigenvalue weighted by atomic mass is 79.9. The Morgan fingerprint density at radius 1 is 1.16 bits per heavy atom. The van der Waals surface area contributed by atoms with Crippen LogP contribution >= 0.6 is 27.5 Å². The zero-order chi connectivity index (χ0) is 13.4. The molecule has 0 fully saturated rings. The fourth-order valence-electron chi connectivity index (χ4n) is 2.30. The Morgan fingerprint density at radius 2 is 1.89 bits per heavy atom. The summed E-state index contributed by atoms with van der Waals surface area (Å²) in [5.74, 6) is 0.738. The van der Waals surface area contributed by atoms with Crippen LogP contribution in [0.3, 0.4) is 0 Å². The highest BCUT2D eigenvalue weighted by Gasteiger charge is 2.28. The van der Waals surface area contributed by atoms with Crippen LogP contribution in [0, 0.1) is 0 Å². The van der Waals surface area contributed by atoms with E-state index in [9.17, 15) is 5.11 Å². The fourth-order valence-corrected chi connectivity index (χ4v) is 2.80. The van der Waals surface area contributed by atoms with Gasteiger partial charge in [-0.1, -0.05) is 39.7 Å². The molecule has 1 N–H and O–H groups in total. The Morgan fingerprint density at radius 3 is 2.63 bits per heavy atom. The van der Waals surface area contributed by atoms with E-state index in [1.165, 1.54) is 0 Å². The molecule has 3 rings (SSSR count). The third-order valence-electron chi connectivity index (χ3n) is 3.28. The van der Waals surface area contributed by atoms with E-state index in [1.807, 2.05) is 42.5 Å². The van der Waals surface area contributed by atoms with E-state index in [1.54, 1.807) is 0 Å². The number of hydrogen-bond acceptors (Lipinski definition) is 2. The summed E-state index contributed by atoms with van der Waals surface area (Å²) < 4.78 is 6.90. The summed E-state index contributed by atoms with van der Waals surface area (Å²) in [5.41, 5.74) is 1.86. The maximum Gasteiger partial charge on any atom is 0.127 e. The SMILES string of the molecule is O[C@H]1CC(c2ccc(Cl)cc2)Oc2ccc(Br)cc21. The zero-order valence-electron chi connectivity index (χ0n) is 10.0. The summed E-state index contributed by atoms with van der Waals surface area (Å²) in [6, 6.07) is 13.2. The number of fused-ring (bicyclic) bond motifs is 1. The molecule has 1 aliphatic rings. The lowest BCUT2D eigenvalue weighted by atomic mass is 9.95. The minimum atomic E-state index is -0.512. The van der Waals surface area contributed by atoms with E-state index < -0.39 is 6.10 Å². The van der Waals surface area contributed by atoms with Crippen LogP contribution in [0.15, 0.2) is 46.9 Å². The van der Waals surface area contributed by atoms with Crippen molar-refractivity contribution in [1.82, 2.24) is 0 Å². The first-order valence-corrected chi connectivity index (χ1v) is 7.20. The summed E-state index contributed by atoms with van der Waals surface area (Å²) >= 11 is 9.29. The van der Waals surface area contributed by atoms with Crippen molar-refractivity contribution in [3.05, 3.63) is 63.1 Å². The Kier molecular flexibility index (Phi) is 3.52. The molecule has 0 saturated carbocycles. The fraction of sp³-hybridized carbons (Fsp3) is 0.200. The van der Waals surface area contributed by atoms with Crippen LogP contribution in [-0.2, 0) is 0 Å². The van der Waals surface area contributed by atoms with Crippen molar-refractivity contribution >= 4 is 27.5 Å². The largest absolute Gasteiger partial charge is 0.485 e. The third-order valence-corrected chi connectivity index (χ3v) is 4.02. The number of benzene rings is 2. The van der Waals surface area contributed by atoms with E-state index in [0.717, 1.165) is 21.3 Å². The zero-order valence-corrected chi connectivity index (χ0v) is 12.4. The van der Waals surface area contributed by atoms with Crippen LogP contribution in [0.5, 0.6) is 5.75 Å². The molecule has 2 aromatic rings. The van der Waals surface area contributed by atoms with Crippen molar-refractivity contribution in [2.75, 3.05) is 0 Å². The molecule has 1 unspecified atom stereocenters. The standard InChI is InChI=1S/C15H12BrClO2/c16-10-3-6-14-12(7-10)13(18)8-15(19-14)9-1-4-11(17)5-2-9/h1-7,13,15,18H,8H2/t13-,15?/m0/s1. The second kappa shape index (κ2) is 5.16. The molecule has 1 aliphatic heterocycles. The van der Waals surface area contributed by atoms with Gasteiger partial charge in [-0.15, -0.1) is 0 Å². The first-order valence-electron chi connectivity index (χ1n) is 6.03.